The van der Waals surface area contributed by atoms with Crippen LogP contribution in [0.5, 0.6) is 5.75 Å². The van der Waals surface area contributed by atoms with E-state index in [0.29, 0.717) is 23.0 Å². The standard InChI is InChI=1S/C19H25NO4S/c1-23-15-10-6-9-14(11-15)17(21)20-16(19(22)24-2)12-25-18(20)13-7-4-3-5-8-13/h6,9-11,13,16,18H,3-5,7-8,12H2,1-2H3. The number of ether oxygens (including phenoxy) is 2. The first-order valence-corrected chi connectivity index (χ1v) is 9.86. The lowest BCUT2D eigenvalue weighted by Gasteiger charge is -2.35. The van der Waals surface area contributed by atoms with Gasteiger partial charge in [-0.2, -0.15) is 0 Å². The summed E-state index contributed by atoms with van der Waals surface area (Å²) in [6.07, 6.45) is 5.90. The molecule has 1 aliphatic carbocycles. The summed E-state index contributed by atoms with van der Waals surface area (Å²) < 4.78 is 10.2. The van der Waals surface area contributed by atoms with Gasteiger partial charge in [-0.1, -0.05) is 25.3 Å². The lowest BCUT2D eigenvalue weighted by atomic mass is 9.88. The zero-order valence-corrected chi connectivity index (χ0v) is 15.6. The molecule has 2 fully saturated rings. The quantitative estimate of drug-likeness (QED) is 0.768. The number of esters is 1. The van der Waals surface area contributed by atoms with Crippen molar-refractivity contribution < 1.29 is 19.1 Å². The Hall–Kier alpha value is -1.69. The number of carbonyl (C=O) groups excluding carboxylic acids is 2. The number of nitrogens with zero attached hydrogens (tertiary/aromatic N) is 1. The number of rotatable bonds is 4. The van der Waals surface area contributed by atoms with Gasteiger partial charge < -0.3 is 14.4 Å². The van der Waals surface area contributed by atoms with Crippen LogP contribution in [-0.2, 0) is 9.53 Å². The summed E-state index contributed by atoms with van der Waals surface area (Å²) in [6, 6.07) is 6.61. The molecule has 3 rings (SSSR count). The topological polar surface area (TPSA) is 55.8 Å². The summed E-state index contributed by atoms with van der Waals surface area (Å²) in [5, 5.41) is 0.0445. The first kappa shape index (κ1) is 18.1. The van der Waals surface area contributed by atoms with E-state index in [1.54, 1.807) is 42.0 Å². The van der Waals surface area contributed by atoms with Crippen molar-refractivity contribution in [1.29, 1.82) is 0 Å². The van der Waals surface area contributed by atoms with E-state index in [1.807, 2.05) is 6.07 Å². The number of amides is 1. The number of thioether (sulfide) groups is 1. The van der Waals surface area contributed by atoms with Crippen LogP contribution in [0, 0.1) is 5.92 Å². The van der Waals surface area contributed by atoms with Crippen LogP contribution in [0.25, 0.3) is 0 Å². The molecule has 2 aliphatic rings. The molecule has 0 spiro atoms. The Morgan fingerprint density at radius 2 is 1.92 bits per heavy atom. The Morgan fingerprint density at radius 3 is 2.60 bits per heavy atom. The van der Waals surface area contributed by atoms with Gasteiger partial charge in [0.1, 0.15) is 11.8 Å². The van der Waals surface area contributed by atoms with Crippen LogP contribution in [0.2, 0.25) is 0 Å². The Labute approximate surface area is 153 Å². The highest BCUT2D eigenvalue weighted by molar-refractivity contribution is 8.00. The Bertz CT molecular complexity index is 630. The number of hydrogen-bond donors (Lipinski definition) is 0. The second-order valence-electron chi connectivity index (χ2n) is 6.61. The van der Waals surface area contributed by atoms with Gasteiger partial charge in [-0.05, 0) is 37.0 Å². The van der Waals surface area contributed by atoms with Crippen molar-refractivity contribution in [3.8, 4) is 5.75 Å². The third kappa shape index (κ3) is 3.78. The van der Waals surface area contributed by atoms with E-state index in [-0.39, 0.29) is 17.3 Å². The number of carbonyl (C=O) groups is 2. The monoisotopic (exact) mass is 363 g/mol. The largest absolute Gasteiger partial charge is 0.497 e. The lowest BCUT2D eigenvalue weighted by molar-refractivity contribution is -0.145. The summed E-state index contributed by atoms with van der Waals surface area (Å²) in [7, 11) is 2.96. The molecule has 1 aromatic carbocycles. The second kappa shape index (κ2) is 8.13. The number of hydrogen-bond acceptors (Lipinski definition) is 5. The fourth-order valence-corrected chi connectivity index (χ4v) is 5.41. The van der Waals surface area contributed by atoms with Gasteiger partial charge in [0, 0.05) is 11.3 Å². The molecule has 0 bridgehead atoms. The van der Waals surface area contributed by atoms with Crippen molar-refractivity contribution in [2.75, 3.05) is 20.0 Å². The zero-order valence-electron chi connectivity index (χ0n) is 14.8. The summed E-state index contributed by atoms with van der Waals surface area (Å²) in [5.41, 5.74) is 0.552. The second-order valence-corrected chi connectivity index (χ2v) is 7.75. The van der Waals surface area contributed by atoms with E-state index in [0.717, 1.165) is 12.8 Å². The Balaban J connectivity index is 1.89. The number of benzene rings is 1. The van der Waals surface area contributed by atoms with Crippen molar-refractivity contribution in [3.05, 3.63) is 29.8 Å². The highest BCUT2D eigenvalue weighted by Crippen LogP contribution is 2.41. The molecule has 2 unspecified atom stereocenters. The van der Waals surface area contributed by atoms with Gasteiger partial charge in [0.15, 0.2) is 0 Å². The van der Waals surface area contributed by atoms with Crippen molar-refractivity contribution in [1.82, 2.24) is 4.90 Å². The molecule has 1 amide bonds. The first-order valence-electron chi connectivity index (χ1n) is 8.82. The average Bonchev–Trinajstić information content (AvgIpc) is 3.12. The predicted molar refractivity (Wildman–Crippen MR) is 97.8 cm³/mol. The SMILES string of the molecule is COC(=O)C1CSC(C2CCCCC2)N1C(=O)c1cccc(OC)c1. The van der Waals surface area contributed by atoms with Crippen LogP contribution in [0.15, 0.2) is 24.3 Å². The predicted octanol–water partition coefficient (Wildman–Crippen LogP) is 3.33. The zero-order chi connectivity index (χ0) is 17.8. The highest BCUT2D eigenvalue weighted by atomic mass is 32.2. The van der Waals surface area contributed by atoms with Crippen molar-refractivity contribution in [2.24, 2.45) is 5.92 Å². The van der Waals surface area contributed by atoms with Crippen LogP contribution < -0.4 is 4.74 Å². The van der Waals surface area contributed by atoms with Crippen molar-refractivity contribution >= 4 is 23.6 Å². The molecule has 0 radical (unpaired) electrons. The van der Waals surface area contributed by atoms with E-state index in [1.165, 1.54) is 26.4 Å². The Kier molecular flexibility index (Phi) is 5.89. The molecule has 6 heteroatoms. The maximum Gasteiger partial charge on any atom is 0.329 e. The van der Waals surface area contributed by atoms with Crippen LogP contribution in [0.4, 0.5) is 0 Å². The summed E-state index contributed by atoms with van der Waals surface area (Å²) in [5.74, 6) is 1.24. The van der Waals surface area contributed by atoms with Gasteiger partial charge in [-0.25, -0.2) is 4.79 Å². The summed E-state index contributed by atoms with van der Waals surface area (Å²) in [4.78, 5) is 27.3. The normalized spacial score (nSPS) is 24.2. The van der Waals surface area contributed by atoms with Crippen LogP contribution in [0.1, 0.15) is 42.5 Å². The molecule has 1 saturated heterocycles. The molecule has 2 atom stereocenters. The van der Waals surface area contributed by atoms with E-state index in [9.17, 15) is 9.59 Å². The fourth-order valence-electron chi connectivity index (χ4n) is 3.79. The van der Waals surface area contributed by atoms with Gasteiger partial charge in [-0.3, -0.25) is 4.79 Å². The molecule has 25 heavy (non-hydrogen) atoms. The minimum atomic E-state index is -0.513. The molecule has 0 N–H and O–H groups in total. The summed E-state index contributed by atoms with van der Waals surface area (Å²) in [6.45, 7) is 0. The maximum atomic E-state index is 13.2. The smallest absolute Gasteiger partial charge is 0.329 e. The average molecular weight is 363 g/mol. The highest BCUT2D eigenvalue weighted by Gasteiger charge is 2.45. The minimum absolute atomic E-state index is 0.0445. The van der Waals surface area contributed by atoms with Crippen molar-refractivity contribution in [2.45, 2.75) is 43.5 Å². The Morgan fingerprint density at radius 1 is 1.16 bits per heavy atom. The molecule has 0 aromatic heterocycles. The van der Waals surface area contributed by atoms with E-state index in [2.05, 4.69) is 0 Å². The molecule has 1 aromatic rings. The number of methoxy groups -OCH3 is 2. The van der Waals surface area contributed by atoms with Crippen LogP contribution >= 0.6 is 11.8 Å². The molecule has 1 aliphatic heterocycles. The molecule has 1 heterocycles. The van der Waals surface area contributed by atoms with Crippen LogP contribution in [0.3, 0.4) is 0 Å². The van der Waals surface area contributed by atoms with Gasteiger partial charge in [0.2, 0.25) is 0 Å². The third-order valence-electron chi connectivity index (χ3n) is 5.11. The van der Waals surface area contributed by atoms with E-state index in [4.69, 9.17) is 9.47 Å². The molecular formula is C19H25NO4S. The molecule has 5 nitrogen and oxygen atoms in total. The first-order chi connectivity index (χ1) is 12.2. The van der Waals surface area contributed by atoms with E-state index < -0.39 is 6.04 Å². The van der Waals surface area contributed by atoms with Crippen molar-refractivity contribution in [3.63, 3.8) is 0 Å². The molecule has 136 valence electrons. The molecular weight excluding hydrogens is 338 g/mol. The van der Waals surface area contributed by atoms with Crippen LogP contribution in [-0.4, -0.2) is 48.2 Å². The van der Waals surface area contributed by atoms with Gasteiger partial charge in [0.05, 0.1) is 19.6 Å². The third-order valence-corrected chi connectivity index (χ3v) is 6.57. The lowest BCUT2D eigenvalue weighted by Crippen LogP contribution is -2.48. The maximum absolute atomic E-state index is 13.2. The fraction of sp³-hybridized carbons (Fsp3) is 0.579. The van der Waals surface area contributed by atoms with Gasteiger partial charge in [0.25, 0.3) is 5.91 Å². The van der Waals surface area contributed by atoms with Gasteiger partial charge in [-0.15, -0.1) is 11.8 Å². The van der Waals surface area contributed by atoms with E-state index >= 15 is 0 Å². The van der Waals surface area contributed by atoms with Gasteiger partial charge >= 0.3 is 5.97 Å². The minimum Gasteiger partial charge on any atom is -0.497 e. The molecule has 1 saturated carbocycles. The summed E-state index contributed by atoms with van der Waals surface area (Å²) >= 11 is 1.71.